The molecule has 0 spiro atoms. The summed E-state index contributed by atoms with van der Waals surface area (Å²) >= 11 is 0. The highest BCUT2D eigenvalue weighted by molar-refractivity contribution is 14.0. The van der Waals surface area contributed by atoms with Crippen molar-refractivity contribution in [3.8, 4) is 0 Å². The normalized spacial score (nSPS) is 11.7. The number of rotatable bonds is 5. The number of hydrogen-bond acceptors (Lipinski definition) is 6. The second kappa shape index (κ2) is 9.77. The quantitative estimate of drug-likeness (QED) is 0.287. The molecule has 0 atom stereocenters. The molecule has 0 unspecified atom stereocenters. The molecule has 0 radical (unpaired) electrons. The number of aromatic nitrogens is 1. The smallest absolute Gasteiger partial charge is 0.341 e. The number of ether oxygens (including phenoxy) is 1. The first-order chi connectivity index (χ1) is 12.2. The fourth-order valence-corrected chi connectivity index (χ4v) is 2.23. The number of guanidine groups is 1. The zero-order valence-corrected chi connectivity index (χ0v) is 18.8. The van der Waals surface area contributed by atoms with E-state index in [4.69, 9.17) is 13.6 Å². The van der Waals surface area contributed by atoms with Crippen LogP contribution in [0.4, 0.5) is 0 Å². The van der Waals surface area contributed by atoms with Crippen LogP contribution in [0.25, 0.3) is 0 Å². The summed E-state index contributed by atoms with van der Waals surface area (Å²) in [5.41, 5.74) is 0.335. The Bertz CT molecular complexity index is 790. The van der Waals surface area contributed by atoms with Gasteiger partial charge >= 0.3 is 5.97 Å². The lowest BCUT2D eigenvalue weighted by Crippen LogP contribution is -2.36. The maximum absolute atomic E-state index is 11.6. The van der Waals surface area contributed by atoms with E-state index in [0.717, 1.165) is 5.76 Å². The molecule has 0 saturated carbocycles. The summed E-state index contributed by atoms with van der Waals surface area (Å²) in [7, 11) is 3.00. The molecular formula is C18H27IN4O4. The second-order valence-corrected chi connectivity index (χ2v) is 6.82. The number of carbonyl (C=O) groups is 1. The Kier molecular flexibility index (Phi) is 8.32. The van der Waals surface area contributed by atoms with Gasteiger partial charge < -0.3 is 24.2 Å². The fourth-order valence-electron chi connectivity index (χ4n) is 2.23. The number of esters is 1. The van der Waals surface area contributed by atoms with Gasteiger partial charge in [-0.15, -0.1) is 24.0 Å². The third kappa shape index (κ3) is 6.26. The van der Waals surface area contributed by atoms with E-state index in [0.29, 0.717) is 42.0 Å². The Hall–Kier alpha value is -2.04. The molecule has 2 rings (SSSR count). The lowest BCUT2D eigenvalue weighted by atomic mass is 9.94. The van der Waals surface area contributed by atoms with Gasteiger partial charge in [0.1, 0.15) is 22.8 Å². The summed E-state index contributed by atoms with van der Waals surface area (Å²) in [6, 6.07) is 1.66. The van der Waals surface area contributed by atoms with Crippen molar-refractivity contribution in [1.82, 2.24) is 15.6 Å². The molecule has 0 aromatic carbocycles. The molecule has 0 fully saturated rings. The summed E-state index contributed by atoms with van der Waals surface area (Å²) in [6.45, 7) is 8.70. The van der Waals surface area contributed by atoms with E-state index in [1.165, 1.54) is 7.11 Å². The van der Waals surface area contributed by atoms with E-state index in [1.54, 1.807) is 26.2 Å². The minimum Gasteiger partial charge on any atom is -0.465 e. The van der Waals surface area contributed by atoms with E-state index >= 15 is 0 Å². The van der Waals surface area contributed by atoms with E-state index in [-0.39, 0.29) is 29.4 Å². The Labute approximate surface area is 176 Å². The molecule has 8 nitrogen and oxygen atoms in total. The molecular weight excluding hydrogens is 463 g/mol. The molecule has 2 aromatic heterocycles. The highest BCUT2D eigenvalue weighted by atomic mass is 127. The lowest BCUT2D eigenvalue weighted by Gasteiger charge is -2.13. The summed E-state index contributed by atoms with van der Waals surface area (Å²) in [5.74, 6) is 2.69. The molecule has 0 saturated heterocycles. The number of halogens is 1. The number of aryl methyl sites for hydroxylation is 1. The standard InChI is InChI=1S/C18H26N4O4.HI/c1-11-13(16(23)24-6)7-12(25-11)8-21-17(19-5)22-10-15-20-9-14(26-15)18(2,3)4;/h7,9H,8,10H2,1-6H3,(H2,19,21,22);1H. The first kappa shape index (κ1) is 23.0. The zero-order chi connectivity index (χ0) is 19.3. The largest absolute Gasteiger partial charge is 0.465 e. The number of nitrogens with one attached hydrogen (secondary N) is 2. The Morgan fingerprint density at radius 1 is 1.26 bits per heavy atom. The predicted octanol–water partition coefficient (Wildman–Crippen LogP) is 3.14. The monoisotopic (exact) mass is 490 g/mol. The molecule has 0 amide bonds. The van der Waals surface area contributed by atoms with Crippen molar-refractivity contribution in [2.24, 2.45) is 4.99 Å². The summed E-state index contributed by atoms with van der Waals surface area (Å²) in [5, 5.41) is 6.24. The van der Waals surface area contributed by atoms with Crippen molar-refractivity contribution < 1.29 is 18.4 Å². The Morgan fingerprint density at radius 3 is 2.48 bits per heavy atom. The number of carbonyl (C=O) groups excluding carboxylic acids is 1. The first-order valence-electron chi connectivity index (χ1n) is 8.32. The van der Waals surface area contributed by atoms with Crippen LogP contribution in [0.3, 0.4) is 0 Å². The molecule has 27 heavy (non-hydrogen) atoms. The molecule has 2 aromatic rings. The van der Waals surface area contributed by atoms with Gasteiger partial charge in [-0.1, -0.05) is 20.8 Å². The highest BCUT2D eigenvalue weighted by Gasteiger charge is 2.19. The van der Waals surface area contributed by atoms with Crippen molar-refractivity contribution in [3.05, 3.63) is 41.0 Å². The molecule has 9 heteroatoms. The molecule has 0 aliphatic carbocycles. The molecule has 150 valence electrons. The first-order valence-corrected chi connectivity index (χ1v) is 8.32. The summed E-state index contributed by atoms with van der Waals surface area (Å²) < 4.78 is 16.0. The topological polar surface area (TPSA) is 102 Å². The van der Waals surface area contributed by atoms with Gasteiger partial charge in [-0.05, 0) is 13.0 Å². The molecule has 2 heterocycles. The van der Waals surface area contributed by atoms with Crippen molar-refractivity contribution in [2.75, 3.05) is 14.2 Å². The third-order valence-electron chi connectivity index (χ3n) is 3.73. The number of furan rings is 1. The number of oxazole rings is 1. The Morgan fingerprint density at radius 2 is 1.93 bits per heavy atom. The van der Waals surface area contributed by atoms with Gasteiger partial charge in [-0.3, -0.25) is 4.99 Å². The molecule has 0 bridgehead atoms. The van der Waals surface area contributed by atoms with Crippen LogP contribution in [0.5, 0.6) is 0 Å². The van der Waals surface area contributed by atoms with Crippen molar-refractivity contribution in [1.29, 1.82) is 0 Å². The average Bonchev–Trinajstić information content (AvgIpc) is 3.21. The van der Waals surface area contributed by atoms with E-state index in [2.05, 4.69) is 41.4 Å². The predicted molar refractivity (Wildman–Crippen MR) is 112 cm³/mol. The minimum atomic E-state index is -0.418. The van der Waals surface area contributed by atoms with Crippen molar-refractivity contribution >= 4 is 35.9 Å². The second-order valence-electron chi connectivity index (χ2n) is 6.82. The van der Waals surface area contributed by atoms with Crippen LogP contribution in [-0.2, 0) is 23.2 Å². The number of hydrogen-bond donors (Lipinski definition) is 2. The van der Waals surface area contributed by atoms with Crippen LogP contribution in [0.15, 0.2) is 26.1 Å². The summed E-state index contributed by atoms with van der Waals surface area (Å²) in [4.78, 5) is 20.0. The molecule has 0 aliphatic heterocycles. The van der Waals surface area contributed by atoms with Crippen LogP contribution in [0.1, 0.15) is 54.3 Å². The van der Waals surface area contributed by atoms with Gasteiger partial charge in [-0.2, -0.15) is 0 Å². The van der Waals surface area contributed by atoms with Gasteiger partial charge in [0.25, 0.3) is 0 Å². The minimum absolute atomic E-state index is 0. The van der Waals surface area contributed by atoms with E-state index in [9.17, 15) is 4.79 Å². The number of methoxy groups -OCH3 is 1. The van der Waals surface area contributed by atoms with Crippen LogP contribution >= 0.6 is 24.0 Å². The number of nitrogens with zero attached hydrogens (tertiary/aromatic N) is 2. The zero-order valence-electron chi connectivity index (χ0n) is 16.5. The van der Waals surface area contributed by atoms with Crippen LogP contribution in [0, 0.1) is 6.92 Å². The van der Waals surface area contributed by atoms with E-state index in [1.807, 2.05) is 0 Å². The maximum atomic E-state index is 11.6. The SMILES string of the molecule is CN=C(NCc1cc(C(=O)OC)c(C)o1)NCc1ncc(C(C)(C)C)o1.I. The van der Waals surface area contributed by atoms with Crippen molar-refractivity contribution in [3.63, 3.8) is 0 Å². The van der Waals surface area contributed by atoms with Crippen LogP contribution in [-0.4, -0.2) is 31.1 Å². The van der Waals surface area contributed by atoms with Gasteiger partial charge in [-0.25, -0.2) is 9.78 Å². The van der Waals surface area contributed by atoms with Crippen LogP contribution < -0.4 is 10.6 Å². The summed E-state index contributed by atoms with van der Waals surface area (Å²) in [6.07, 6.45) is 1.74. The number of aliphatic imine (C=N–C) groups is 1. The van der Waals surface area contributed by atoms with Gasteiger partial charge in [0.2, 0.25) is 5.89 Å². The highest BCUT2D eigenvalue weighted by Crippen LogP contribution is 2.22. The maximum Gasteiger partial charge on any atom is 0.341 e. The van der Waals surface area contributed by atoms with Gasteiger partial charge in [0.15, 0.2) is 5.96 Å². The van der Waals surface area contributed by atoms with Crippen LogP contribution in [0.2, 0.25) is 0 Å². The fraction of sp³-hybridized carbons (Fsp3) is 0.500. The Balaban J connectivity index is 0.00000364. The van der Waals surface area contributed by atoms with Crippen molar-refractivity contribution in [2.45, 2.75) is 46.2 Å². The third-order valence-corrected chi connectivity index (χ3v) is 3.73. The lowest BCUT2D eigenvalue weighted by molar-refractivity contribution is 0.0599. The van der Waals surface area contributed by atoms with Gasteiger partial charge in [0.05, 0.1) is 26.4 Å². The molecule has 2 N–H and O–H groups in total. The van der Waals surface area contributed by atoms with E-state index < -0.39 is 5.97 Å². The molecule has 0 aliphatic rings. The van der Waals surface area contributed by atoms with Gasteiger partial charge in [0, 0.05) is 12.5 Å². The average molecular weight is 490 g/mol.